The number of rotatable bonds is 3. The smallest absolute Gasteiger partial charge is 0.312 e. The van der Waals surface area contributed by atoms with Crippen molar-refractivity contribution in [1.29, 1.82) is 0 Å². The largest absolute Gasteiger partial charge is 0.481 e. The lowest BCUT2D eigenvalue weighted by molar-refractivity contribution is -0.138. The second kappa shape index (κ2) is 4.95. The Labute approximate surface area is 99.5 Å². The van der Waals surface area contributed by atoms with E-state index in [1.165, 1.54) is 32.1 Å². The summed E-state index contributed by atoms with van der Waals surface area (Å²) in [6, 6.07) is 0. The molecule has 88 valence electrons. The molecule has 3 nitrogen and oxygen atoms in total. The SMILES string of the molecule is CC(C(=O)O)c1csc(C2CCCCC2)n1. The molecule has 16 heavy (non-hydrogen) atoms. The number of thiazole rings is 1. The van der Waals surface area contributed by atoms with Crippen molar-refractivity contribution in [1.82, 2.24) is 4.98 Å². The molecule has 1 saturated carbocycles. The Hall–Kier alpha value is -0.900. The third-order valence-corrected chi connectivity index (χ3v) is 4.33. The van der Waals surface area contributed by atoms with Crippen LogP contribution in [-0.4, -0.2) is 16.1 Å². The molecule has 1 aliphatic carbocycles. The van der Waals surface area contributed by atoms with Crippen molar-refractivity contribution in [2.75, 3.05) is 0 Å². The molecule has 2 rings (SSSR count). The van der Waals surface area contributed by atoms with Crippen molar-refractivity contribution in [3.8, 4) is 0 Å². The fourth-order valence-electron chi connectivity index (χ4n) is 2.16. The summed E-state index contributed by atoms with van der Waals surface area (Å²) in [5.41, 5.74) is 0.720. The number of aliphatic carboxylic acids is 1. The first-order valence-electron chi connectivity index (χ1n) is 5.86. The fourth-order valence-corrected chi connectivity index (χ4v) is 3.25. The maximum Gasteiger partial charge on any atom is 0.312 e. The minimum Gasteiger partial charge on any atom is -0.481 e. The van der Waals surface area contributed by atoms with Crippen LogP contribution in [0.25, 0.3) is 0 Å². The molecule has 1 aromatic rings. The molecule has 0 saturated heterocycles. The summed E-state index contributed by atoms with van der Waals surface area (Å²) < 4.78 is 0. The second-order valence-corrected chi connectivity index (χ2v) is 5.40. The molecular weight excluding hydrogens is 222 g/mol. The zero-order chi connectivity index (χ0) is 11.5. The summed E-state index contributed by atoms with van der Waals surface area (Å²) in [5.74, 6) is -0.692. The average molecular weight is 239 g/mol. The molecule has 1 atom stereocenters. The number of hydrogen-bond donors (Lipinski definition) is 1. The van der Waals surface area contributed by atoms with Gasteiger partial charge in [-0.25, -0.2) is 4.98 Å². The highest BCUT2D eigenvalue weighted by Crippen LogP contribution is 2.35. The van der Waals surface area contributed by atoms with Gasteiger partial charge < -0.3 is 5.11 Å². The van der Waals surface area contributed by atoms with Gasteiger partial charge in [-0.15, -0.1) is 11.3 Å². The van der Waals surface area contributed by atoms with Crippen LogP contribution in [0.5, 0.6) is 0 Å². The number of aromatic nitrogens is 1. The van der Waals surface area contributed by atoms with E-state index < -0.39 is 11.9 Å². The van der Waals surface area contributed by atoms with Gasteiger partial charge in [0.05, 0.1) is 16.6 Å². The highest BCUT2D eigenvalue weighted by molar-refractivity contribution is 7.09. The first-order chi connectivity index (χ1) is 7.68. The van der Waals surface area contributed by atoms with Gasteiger partial charge in [-0.3, -0.25) is 4.79 Å². The minimum atomic E-state index is -0.791. The lowest BCUT2D eigenvalue weighted by atomic mass is 9.90. The number of carboxylic acids is 1. The average Bonchev–Trinajstić information content (AvgIpc) is 2.78. The van der Waals surface area contributed by atoms with E-state index in [2.05, 4.69) is 4.98 Å². The molecule has 4 heteroatoms. The van der Waals surface area contributed by atoms with E-state index in [4.69, 9.17) is 5.11 Å². The molecule has 1 aliphatic rings. The molecule has 0 amide bonds. The summed E-state index contributed by atoms with van der Waals surface area (Å²) >= 11 is 1.63. The van der Waals surface area contributed by atoms with E-state index in [1.54, 1.807) is 18.3 Å². The highest BCUT2D eigenvalue weighted by atomic mass is 32.1. The Morgan fingerprint density at radius 2 is 2.19 bits per heavy atom. The van der Waals surface area contributed by atoms with Gasteiger partial charge in [0.15, 0.2) is 0 Å². The normalized spacial score (nSPS) is 19.6. The van der Waals surface area contributed by atoms with Gasteiger partial charge in [0, 0.05) is 11.3 Å². The quantitative estimate of drug-likeness (QED) is 0.879. The van der Waals surface area contributed by atoms with Crippen molar-refractivity contribution < 1.29 is 9.90 Å². The van der Waals surface area contributed by atoms with Crippen molar-refractivity contribution in [2.24, 2.45) is 0 Å². The van der Waals surface area contributed by atoms with Gasteiger partial charge >= 0.3 is 5.97 Å². The van der Waals surface area contributed by atoms with Crippen LogP contribution in [0.1, 0.15) is 61.6 Å². The highest BCUT2D eigenvalue weighted by Gasteiger charge is 2.22. The summed E-state index contributed by atoms with van der Waals surface area (Å²) in [6.07, 6.45) is 6.34. The van der Waals surface area contributed by atoms with Gasteiger partial charge in [0.1, 0.15) is 0 Å². The molecule has 0 bridgehead atoms. The van der Waals surface area contributed by atoms with Crippen LogP contribution in [-0.2, 0) is 4.79 Å². The summed E-state index contributed by atoms with van der Waals surface area (Å²) in [7, 11) is 0. The fraction of sp³-hybridized carbons (Fsp3) is 0.667. The van der Waals surface area contributed by atoms with E-state index in [1.807, 2.05) is 5.38 Å². The van der Waals surface area contributed by atoms with Gasteiger partial charge in [0.25, 0.3) is 0 Å². The zero-order valence-electron chi connectivity index (χ0n) is 9.48. The van der Waals surface area contributed by atoms with E-state index in [9.17, 15) is 4.79 Å². The Morgan fingerprint density at radius 3 is 2.81 bits per heavy atom. The van der Waals surface area contributed by atoms with Crippen LogP contribution in [0.15, 0.2) is 5.38 Å². The van der Waals surface area contributed by atoms with E-state index >= 15 is 0 Å². The number of carbonyl (C=O) groups is 1. The molecule has 1 aromatic heterocycles. The lowest BCUT2D eigenvalue weighted by Crippen LogP contribution is -2.09. The Balaban J connectivity index is 2.09. The second-order valence-electron chi connectivity index (χ2n) is 4.51. The van der Waals surface area contributed by atoms with Gasteiger partial charge in [-0.1, -0.05) is 19.3 Å². The number of carboxylic acid groups (broad SMARTS) is 1. The lowest BCUT2D eigenvalue weighted by Gasteiger charge is -2.18. The summed E-state index contributed by atoms with van der Waals surface area (Å²) in [4.78, 5) is 15.3. The predicted octanol–water partition coefficient (Wildman–Crippen LogP) is 3.38. The van der Waals surface area contributed by atoms with Crippen molar-refractivity contribution >= 4 is 17.3 Å². The van der Waals surface area contributed by atoms with Gasteiger partial charge in [0.2, 0.25) is 0 Å². The molecule has 1 N–H and O–H groups in total. The molecule has 1 heterocycles. The standard InChI is InChI=1S/C12H17NO2S/c1-8(12(14)15)10-7-16-11(13-10)9-5-3-2-4-6-9/h7-9H,2-6H2,1H3,(H,14,15). The molecule has 0 spiro atoms. The third kappa shape index (κ3) is 2.43. The summed E-state index contributed by atoms with van der Waals surface area (Å²) in [5, 5.41) is 12.0. The Kier molecular flexibility index (Phi) is 3.59. The monoisotopic (exact) mass is 239 g/mol. The molecule has 1 fully saturated rings. The summed E-state index contributed by atoms with van der Waals surface area (Å²) in [6.45, 7) is 1.70. The number of nitrogens with zero attached hydrogens (tertiary/aromatic N) is 1. The van der Waals surface area contributed by atoms with Crippen LogP contribution in [0.3, 0.4) is 0 Å². The van der Waals surface area contributed by atoms with Crippen LogP contribution in [0.2, 0.25) is 0 Å². The first-order valence-corrected chi connectivity index (χ1v) is 6.74. The number of hydrogen-bond acceptors (Lipinski definition) is 3. The third-order valence-electron chi connectivity index (χ3n) is 3.31. The van der Waals surface area contributed by atoms with Gasteiger partial charge in [-0.2, -0.15) is 0 Å². The van der Waals surface area contributed by atoms with Crippen molar-refractivity contribution in [2.45, 2.75) is 50.9 Å². The van der Waals surface area contributed by atoms with Gasteiger partial charge in [-0.05, 0) is 19.8 Å². The maximum atomic E-state index is 10.8. The minimum absolute atomic E-state index is 0.478. The topological polar surface area (TPSA) is 50.2 Å². The van der Waals surface area contributed by atoms with E-state index in [0.29, 0.717) is 5.92 Å². The van der Waals surface area contributed by atoms with Crippen LogP contribution >= 0.6 is 11.3 Å². The van der Waals surface area contributed by atoms with Crippen molar-refractivity contribution in [3.63, 3.8) is 0 Å². The Bertz CT molecular complexity index is 369. The molecule has 0 radical (unpaired) electrons. The zero-order valence-corrected chi connectivity index (χ0v) is 10.3. The molecular formula is C12H17NO2S. The van der Waals surface area contributed by atoms with E-state index in [0.717, 1.165) is 10.7 Å². The van der Waals surface area contributed by atoms with Crippen molar-refractivity contribution in [3.05, 3.63) is 16.1 Å². The molecule has 0 aliphatic heterocycles. The van der Waals surface area contributed by atoms with Crippen LogP contribution < -0.4 is 0 Å². The predicted molar refractivity (Wildman–Crippen MR) is 64.0 cm³/mol. The molecule has 1 unspecified atom stereocenters. The Morgan fingerprint density at radius 1 is 1.50 bits per heavy atom. The van der Waals surface area contributed by atoms with Crippen LogP contribution in [0, 0.1) is 0 Å². The molecule has 0 aromatic carbocycles. The first kappa shape index (κ1) is 11.6. The van der Waals surface area contributed by atoms with E-state index in [-0.39, 0.29) is 0 Å². The van der Waals surface area contributed by atoms with Crippen LogP contribution in [0.4, 0.5) is 0 Å². The maximum absolute atomic E-state index is 10.8.